The lowest BCUT2D eigenvalue weighted by Crippen LogP contribution is -2.36. The third-order valence-corrected chi connectivity index (χ3v) is 4.04. The van der Waals surface area contributed by atoms with Crippen molar-refractivity contribution in [1.29, 1.82) is 0 Å². The summed E-state index contributed by atoms with van der Waals surface area (Å²) in [5, 5.41) is 11.1. The quantitative estimate of drug-likeness (QED) is 0.632. The van der Waals surface area contributed by atoms with Gasteiger partial charge >= 0.3 is 0 Å². The number of rotatable bonds is 3. The molecule has 0 bridgehead atoms. The predicted octanol–water partition coefficient (Wildman–Crippen LogP) is 3.16. The van der Waals surface area contributed by atoms with Crippen molar-refractivity contribution in [2.24, 2.45) is 5.92 Å². The summed E-state index contributed by atoms with van der Waals surface area (Å²) in [5.74, 6) is 0.311. The van der Waals surface area contributed by atoms with Crippen LogP contribution in [-0.2, 0) is 4.79 Å². The lowest BCUT2D eigenvalue weighted by molar-refractivity contribution is -0.384. The predicted molar refractivity (Wildman–Crippen MR) is 76.4 cm³/mol. The van der Waals surface area contributed by atoms with E-state index in [1.165, 1.54) is 6.07 Å². The fourth-order valence-corrected chi connectivity index (χ4v) is 2.78. The fraction of sp³-hybridized carbons (Fsp3) is 0.462. The van der Waals surface area contributed by atoms with Crippen molar-refractivity contribution in [1.82, 2.24) is 0 Å². The van der Waals surface area contributed by atoms with Gasteiger partial charge in [-0.05, 0) is 31.9 Å². The number of hydrogen-bond acceptors (Lipinski definition) is 4. The van der Waals surface area contributed by atoms with Crippen molar-refractivity contribution in [3.8, 4) is 0 Å². The van der Waals surface area contributed by atoms with Gasteiger partial charge in [0, 0.05) is 29.5 Å². The smallest absolute Gasteiger partial charge is 0.292 e. The molecule has 0 aliphatic carbocycles. The number of Topliss-reactive ketones (excluding diaryl/α,β-unsaturated/α-hetero) is 1. The molecule has 102 valence electrons. The number of piperidine rings is 1. The Labute approximate surface area is 119 Å². The first-order valence-electron chi connectivity index (χ1n) is 6.18. The Hall–Kier alpha value is -1.43. The molecule has 0 radical (unpaired) electrons. The second-order valence-corrected chi connectivity index (χ2v) is 5.68. The Morgan fingerprint density at radius 2 is 2.05 bits per heavy atom. The van der Waals surface area contributed by atoms with Crippen molar-refractivity contribution in [2.75, 3.05) is 18.0 Å². The number of nitrogens with zero attached hydrogens (tertiary/aromatic N) is 2. The lowest BCUT2D eigenvalue weighted by atomic mass is 9.93. The number of nitro benzene ring substituents is 1. The third-order valence-electron chi connectivity index (χ3n) is 3.54. The zero-order valence-corrected chi connectivity index (χ0v) is 12.2. The van der Waals surface area contributed by atoms with Crippen LogP contribution >= 0.6 is 15.9 Å². The summed E-state index contributed by atoms with van der Waals surface area (Å²) in [6, 6.07) is 4.95. The SMILES string of the molecule is CC(=O)C1CCN(c2cc(Br)ccc2[N+](=O)[O-])CC1. The molecule has 1 aromatic carbocycles. The molecule has 0 N–H and O–H groups in total. The first kappa shape index (κ1) is 14.0. The van der Waals surface area contributed by atoms with Crippen LogP contribution in [0, 0.1) is 16.0 Å². The number of ketones is 1. The summed E-state index contributed by atoms with van der Waals surface area (Å²) in [4.78, 5) is 24.0. The minimum Gasteiger partial charge on any atom is -0.366 e. The van der Waals surface area contributed by atoms with Gasteiger partial charge in [0.1, 0.15) is 11.5 Å². The average molecular weight is 327 g/mol. The summed E-state index contributed by atoms with van der Waals surface area (Å²) < 4.78 is 0.821. The largest absolute Gasteiger partial charge is 0.366 e. The molecule has 0 unspecified atom stereocenters. The molecule has 0 aromatic heterocycles. The number of halogens is 1. The van der Waals surface area contributed by atoms with Gasteiger partial charge in [0.2, 0.25) is 0 Å². The van der Waals surface area contributed by atoms with Gasteiger partial charge in [-0.1, -0.05) is 15.9 Å². The molecule has 19 heavy (non-hydrogen) atoms. The van der Waals surface area contributed by atoms with Gasteiger partial charge in [-0.15, -0.1) is 0 Å². The Kier molecular flexibility index (Phi) is 4.19. The molecule has 0 atom stereocenters. The zero-order valence-electron chi connectivity index (χ0n) is 10.6. The van der Waals surface area contributed by atoms with Gasteiger partial charge in [0.05, 0.1) is 4.92 Å². The standard InChI is InChI=1S/C13H15BrN2O3/c1-9(17)10-4-6-15(7-5-10)13-8-11(14)2-3-12(13)16(18)19/h2-3,8,10H,4-7H2,1H3. The molecule has 1 aromatic rings. The second-order valence-electron chi connectivity index (χ2n) is 4.76. The normalized spacial score (nSPS) is 16.4. The molecule has 6 heteroatoms. The number of nitro groups is 1. The van der Waals surface area contributed by atoms with E-state index in [1.807, 2.05) is 4.90 Å². The maximum atomic E-state index is 11.3. The average Bonchev–Trinajstić information content (AvgIpc) is 2.38. The summed E-state index contributed by atoms with van der Waals surface area (Å²) in [6.45, 7) is 2.98. The van der Waals surface area contributed by atoms with E-state index >= 15 is 0 Å². The van der Waals surface area contributed by atoms with Crippen LogP contribution < -0.4 is 4.90 Å². The maximum absolute atomic E-state index is 11.3. The van der Waals surface area contributed by atoms with Gasteiger partial charge in [0.15, 0.2) is 0 Å². The van der Waals surface area contributed by atoms with Gasteiger partial charge in [-0.3, -0.25) is 14.9 Å². The fourth-order valence-electron chi connectivity index (χ4n) is 2.43. The van der Waals surface area contributed by atoms with E-state index in [1.54, 1.807) is 19.1 Å². The van der Waals surface area contributed by atoms with Crippen LogP contribution in [0.1, 0.15) is 19.8 Å². The second kappa shape index (κ2) is 5.69. The summed E-state index contributed by atoms with van der Waals surface area (Å²) in [6.07, 6.45) is 1.53. The van der Waals surface area contributed by atoms with E-state index in [2.05, 4.69) is 15.9 Å². The molecule has 0 saturated carbocycles. The van der Waals surface area contributed by atoms with Crippen LogP contribution in [0.2, 0.25) is 0 Å². The molecule has 1 saturated heterocycles. The van der Waals surface area contributed by atoms with Crippen LogP contribution in [0.5, 0.6) is 0 Å². The minimum absolute atomic E-state index is 0.0995. The third kappa shape index (κ3) is 3.12. The van der Waals surface area contributed by atoms with Crippen molar-refractivity contribution in [3.05, 3.63) is 32.8 Å². The Balaban J connectivity index is 2.21. The van der Waals surface area contributed by atoms with Gasteiger partial charge in [0.25, 0.3) is 5.69 Å². The highest BCUT2D eigenvalue weighted by atomic mass is 79.9. The highest BCUT2D eigenvalue weighted by Gasteiger charge is 2.26. The topological polar surface area (TPSA) is 63.5 Å². The molecule has 1 fully saturated rings. The zero-order chi connectivity index (χ0) is 14.0. The number of carbonyl (C=O) groups is 1. The van der Waals surface area contributed by atoms with Crippen molar-refractivity contribution >= 4 is 33.1 Å². The molecular formula is C13H15BrN2O3. The lowest BCUT2D eigenvalue weighted by Gasteiger charge is -2.32. The highest BCUT2D eigenvalue weighted by molar-refractivity contribution is 9.10. The molecule has 0 spiro atoms. The van der Waals surface area contributed by atoms with E-state index in [4.69, 9.17) is 0 Å². The van der Waals surface area contributed by atoms with Crippen molar-refractivity contribution < 1.29 is 9.72 Å². The minimum atomic E-state index is -0.362. The number of hydrogen-bond donors (Lipinski definition) is 0. The monoisotopic (exact) mass is 326 g/mol. The van der Waals surface area contributed by atoms with Gasteiger partial charge in [-0.2, -0.15) is 0 Å². The van der Waals surface area contributed by atoms with Crippen LogP contribution in [0.3, 0.4) is 0 Å². The molecule has 1 heterocycles. The Bertz CT molecular complexity index is 511. The Morgan fingerprint density at radius 3 is 2.58 bits per heavy atom. The Morgan fingerprint density at radius 1 is 1.42 bits per heavy atom. The van der Waals surface area contributed by atoms with Crippen LogP contribution in [0.15, 0.2) is 22.7 Å². The van der Waals surface area contributed by atoms with E-state index in [0.717, 1.165) is 17.3 Å². The van der Waals surface area contributed by atoms with E-state index in [9.17, 15) is 14.9 Å². The van der Waals surface area contributed by atoms with Crippen molar-refractivity contribution in [2.45, 2.75) is 19.8 Å². The number of benzene rings is 1. The van der Waals surface area contributed by atoms with Gasteiger partial charge in [-0.25, -0.2) is 0 Å². The first-order chi connectivity index (χ1) is 8.99. The van der Waals surface area contributed by atoms with Crippen LogP contribution in [0.4, 0.5) is 11.4 Å². The van der Waals surface area contributed by atoms with Gasteiger partial charge < -0.3 is 4.90 Å². The molecule has 5 nitrogen and oxygen atoms in total. The summed E-state index contributed by atoms with van der Waals surface area (Å²) in [5.41, 5.74) is 0.742. The first-order valence-corrected chi connectivity index (χ1v) is 6.97. The molecule has 2 rings (SSSR count). The summed E-state index contributed by atoms with van der Waals surface area (Å²) in [7, 11) is 0. The van der Waals surface area contributed by atoms with E-state index in [-0.39, 0.29) is 22.3 Å². The van der Waals surface area contributed by atoms with Crippen molar-refractivity contribution in [3.63, 3.8) is 0 Å². The molecular weight excluding hydrogens is 312 g/mol. The van der Waals surface area contributed by atoms with Crippen LogP contribution in [-0.4, -0.2) is 23.8 Å². The van der Waals surface area contributed by atoms with Crippen LogP contribution in [0.25, 0.3) is 0 Å². The molecule has 1 aliphatic heterocycles. The van der Waals surface area contributed by atoms with E-state index in [0.29, 0.717) is 18.8 Å². The number of anilines is 1. The highest BCUT2D eigenvalue weighted by Crippen LogP contribution is 2.33. The molecule has 1 aliphatic rings. The molecule has 0 amide bonds. The summed E-state index contributed by atoms with van der Waals surface area (Å²) >= 11 is 3.34. The maximum Gasteiger partial charge on any atom is 0.292 e. The number of carbonyl (C=O) groups excluding carboxylic acids is 1. The van der Waals surface area contributed by atoms with E-state index < -0.39 is 0 Å².